The van der Waals surface area contributed by atoms with Gasteiger partial charge in [0.25, 0.3) is 0 Å². The molecule has 2 amide bonds. The highest BCUT2D eigenvalue weighted by atomic mass is 16.5. The third-order valence-corrected chi connectivity index (χ3v) is 4.06. The Hall–Kier alpha value is -3.14. The van der Waals surface area contributed by atoms with Gasteiger partial charge in [-0.15, -0.1) is 6.42 Å². The molecule has 0 spiro atoms. The Kier molecular flexibility index (Phi) is 7.76. The van der Waals surface area contributed by atoms with Gasteiger partial charge < -0.3 is 24.8 Å². The second kappa shape index (κ2) is 10.3. The normalized spacial score (nSPS) is 15.9. The van der Waals surface area contributed by atoms with Gasteiger partial charge in [0.2, 0.25) is 0 Å². The fourth-order valence-corrected chi connectivity index (χ4v) is 2.98. The van der Waals surface area contributed by atoms with Crippen molar-refractivity contribution in [3.8, 4) is 23.8 Å². The fourth-order valence-electron chi connectivity index (χ4n) is 2.98. The van der Waals surface area contributed by atoms with Crippen LogP contribution in [0.3, 0.4) is 0 Å². The first-order valence-electron chi connectivity index (χ1n) is 9.36. The summed E-state index contributed by atoms with van der Waals surface area (Å²) in [5.41, 5.74) is 1.64. The minimum absolute atomic E-state index is 0.109. The van der Waals surface area contributed by atoms with E-state index in [1.165, 1.54) is 0 Å². The molecule has 0 unspecified atom stereocenters. The largest absolute Gasteiger partial charge is 0.490 e. The summed E-state index contributed by atoms with van der Waals surface area (Å²) in [6.45, 7) is 6.35. The summed E-state index contributed by atoms with van der Waals surface area (Å²) >= 11 is 0. The van der Waals surface area contributed by atoms with Gasteiger partial charge in [0.15, 0.2) is 11.5 Å². The smallest absolute Gasteiger partial charge is 0.338 e. The lowest BCUT2D eigenvalue weighted by Crippen LogP contribution is -2.46. The van der Waals surface area contributed by atoms with Crippen molar-refractivity contribution in [1.82, 2.24) is 10.6 Å². The Balaban J connectivity index is 2.50. The van der Waals surface area contributed by atoms with Crippen molar-refractivity contribution in [2.24, 2.45) is 0 Å². The Morgan fingerprint density at radius 3 is 2.61 bits per heavy atom. The summed E-state index contributed by atoms with van der Waals surface area (Å²) in [4.78, 5) is 24.8. The zero-order chi connectivity index (χ0) is 20.5. The van der Waals surface area contributed by atoms with Gasteiger partial charge in [-0.3, -0.25) is 0 Å². The van der Waals surface area contributed by atoms with E-state index in [-0.39, 0.29) is 19.2 Å². The van der Waals surface area contributed by atoms with Gasteiger partial charge in [0.1, 0.15) is 6.61 Å². The minimum Gasteiger partial charge on any atom is -0.490 e. The second-order valence-electron chi connectivity index (χ2n) is 6.03. The van der Waals surface area contributed by atoms with E-state index in [2.05, 4.69) is 16.6 Å². The summed E-state index contributed by atoms with van der Waals surface area (Å²) in [7, 11) is 0. The Morgan fingerprint density at radius 2 is 1.96 bits per heavy atom. The van der Waals surface area contributed by atoms with Crippen molar-refractivity contribution < 1.29 is 23.8 Å². The molecular weight excluding hydrogens is 360 g/mol. The summed E-state index contributed by atoms with van der Waals surface area (Å²) in [6.07, 6.45) is 6.59. The fraction of sp³-hybridized carbons (Fsp3) is 0.429. The van der Waals surface area contributed by atoms with Gasteiger partial charge >= 0.3 is 12.0 Å². The van der Waals surface area contributed by atoms with E-state index in [4.69, 9.17) is 20.6 Å². The van der Waals surface area contributed by atoms with E-state index in [0.29, 0.717) is 41.4 Å². The first-order valence-corrected chi connectivity index (χ1v) is 9.36. The zero-order valence-electron chi connectivity index (χ0n) is 16.5. The van der Waals surface area contributed by atoms with Crippen molar-refractivity contribution in [2.45, 2.75) is 39.7 Å². The maximum absolute atomic E-state index is 12.6. The van der Waals surface area contributed by atoms with Gasteiger partial charge in [-0.1, -0.05) is 25.3 Å². The third-order valence-electron chi connectivity index (χ3n) is 4.06. The number of allylic oxidation sites excluding steroid dienone is 1. The SMILES string of the molecule is C#CCOc1ccc([C@H]2NC(=O)NC(CCC)=C2C(=O)OCC)cc1OCC. The lowest BCUT2D eigenvalue weighted by atomic mass is 9.93. The van der Waals surface area contributed by atoms with E-state index in [1.54, 1.807) is 25.1 Å². The van der Waals surface area contributed by atoms with Crippen LogP contribution < -0.4 is 20.1 Å². The molecule has 2 rings (SSSR count). The molecule has 7 heteroatoms. The maximum Gasteiger partial charge on any atom is 0.338 e. The van der Waals surface area contributed by atoms with Crippen LogP contribution in [0.1, 0.15) is 45.2 Å². The number of carbonyl (C=O) groups excluding carboxylic acids is 2. The van der Waals surface area contributed by atoms with E-state index < -0.39 is 12.0 Å². The Bertz CT molecular complexity index is 794. The molecule has 0 aliphatic carbocycles. The average Bonchev–Trinajstić information content (AvgIpc) is 2.67. The van der Waals surface area contributed by atoms with Crippen molar-refractivity contribution >= 4 is 12.0 Å². The average molecular weight is 386 g/mol. The first kappa shape index (κ1) is 21.2. The van der Waals surface area contributed by atoms with E-state index in [9.17, 15) is 9.59 Å². The molecule has 0 bridgehead atoms. The van der Waals surface area contributed by atoms with Crippen LogP contribution in [0.25, 0.3) is 0 Å². The number of amides is 2. The molecule has 7 nitrogen and oxygen atoms in total. The van der Waals surface area contributed by atoms with Crippen LogP contribution in [-0.2, 0) is 9.53 Å². The molecule has 0 saturated carbocycles. The van der Waals surface area contributed by atoms with E-state index >= 15 is 0 Å². The highest BCUT2D eigenvalue weighted by Gasteiger charge is 2.33. The summed E-state index contributed by atoms with van der Waals surface area (Å²) < 4.78 is 16.4. The molecule has 1 aliphatic heterocycles. The molecule has 2 N–H and O–H groups in total. The van der Waals surface area contributed by atoms with Crippen LogP contribution in [-0.4, -0.2) is 31.8 Å². The van der Waals surface area contributed by atoms with Gasteiger partial charge in [0.05, 0.1) is 24.8 Å². The molecule has 0 saturated heterocycles. The Labute approximate surface area is 165 Å². The maximum atomic E-state index is 12.6. The molecule has 1 aliphatic rings. The van der Waals surface area contributed by atoms with Gasteiger partial charge in [-0.05, 0) is 38.0 Å². The zero-order valence-corrected chi connectivity index (χ0v) is 16.5. The topological polar surface area (TPSA) is 85.9 Å². The lowest BCUT2D eigenvalue weighted by molar-refractivity contribution is -0.139. The molecule has 150 valence electrons. The minimum atomic E-state index is -0.657. The van der Waals surface area contributed by atoms with Crippen LogP contribution in [0.5, 0.6) is 11.5 Å². The molecular formula is C21H26N2O5. The van der Waals surface area contributed by atoms with Crippen molar-refractivity contribution in [1.29, 1.82) is 0 Å². The number of ether oxygens (including phenoxy) is 3. The summed E-state index contributed by atoms with van der Waals surface area (Å²) in [6, 6.07) is 4.21. The van der Waals surface area contributed by atoms with Crippen LogP contribution in [0.15, 0.2) is 29.5 Å². The number of carbonyl (C=O) groups is 2. The lowest BCUT2D eigenvalue weighted by Gasteiger charge is -2.29. The molecule has 1 atom stereocenters. The molecule has 0 fully saturated rings. The Morgan fingerprint density at radius 1 is 1.18 bits per heavy atom. The quantitative estimate of drug-likeness (QED) is 0.503. The predicted octanol–water partition coefficient (Wildman–Crippen LogP) is 3.07. The van der Waals surface area contributed by atoms with Crippen molar-refractivity contribution in [2.75, 3.05) is 19.8 Å². The monoisotopic (exact) mass is 386 g/mol. The van der Waals surface area contributed by atoms with Gasteiger partial charge in [-0.25, -0.2) is 9.59 Å². The molecule has 1 aromatic rings. The number of hydrogen-bond acceptors (Lipinski definition) is 5. The molecule has 0 radical (unpaired) electrons. The molecule has 28 heavy (non-hydrogen) atoms. The second-order valence-corrected chi connectivity index (χ2v) is 6.03. The highest BCUT2D eigenvalue weighted by molar-refractivity contribution is 5.95. The van der Waals surface area contributed by atoms with Crippen molar-refractivity contribution in [3.05, 3.63) is 35.0 Å². The van der Waals surface area contributed by atoms with Crippen LogP contribution in [0.4, 0.5) is 4.79 Å². The van der Waals surface area contributed by atoms with Gasteiger partial charge in [0, 0.05) is 5.70 Å². The van der Waals surface area contributed by atoms with Crippen LogP contribution in [0.2, 0.25) is 0 Å². The summed E-state index contributed by atoms with van der Waals surface area (Å²) in [5, 5.41) is 5.54. The summed E-state index contributed by atoms with van der Waals surface area (Å²) in [5.74, 6) is 2.94. The number of esters is 1. The number of nitrogens with one attached hydrogen (secondary N) is 2. The standard InChI is InChI=1S/C21H26N2O5/c1-5-9-15-18(20(24)27-8-4)19(23-21(25)22-15)14-10-11-16(28-12-6-2)17(13-14)26-7-3/h2,10-11,13,19H,5,7-9,12H2,1,3-4H3,(H2,22,23,25)/t19-/m1/s1. The van der Waals surface area contributed by atoms with E-state index in [1.807, 2.05) is 13.8 Å². The molecule has 1 aromatic carbocycles. The first-order chi connectivity index (χ1) is 13.5. The van der Waals surface area contributed by atoms with Crippen LogP contribution >= 0.6 is 0 Å². The number of hydrogen-bond donors (Lipinski definition) is 2. The van der Waals surface area contributed by atoms with Gasteiger partial charge in [-0.2, -0.15) is 0 Å². The highest BCUT2D eigenvalue weighted by Crippen LogP contribution is 2.35. The number of benzene rings is 1. The van der Waals surface area contributed by atoms with E-state index in [0.717, 1.165) is 6.42 Å². The number of terminal acetylenes is 1. The predicted molar refractivity (Wildman–Crippen MR) is 105 cm³/mol. The molecule has 0 aromatic heterocycles. The molecule has 1 heterocycles. The van der Waals surface area contributed by atoms with Crippen molar-refractivity contribution in [3.63, 3.8) is 0 Å². The third kappa shape index (κ3) is 4.97. The number of urea groups is 1. The number of rotatable bonds is 9. The van der Waals surface area contributed by atoms with Crippen LogP contribution in [0, 0.1) is 12.3 Å².